The van der Waals surface area contributed by atoms with Gasteiger partial charge in [-0.2, -0.15) is 5.10 Å². The fourth-order valence-corrected chi connectivity index (χ4v) is 3.42. The lowest BCUT2D eigenvalue weighted by molar-refractivity contribution is 0.101. The van der Waals surface area contributed by atoms with E-state index < -0.39 is 0 Å². The topological polar surface area (TPSA) is 79.2 Å². The summed E-state index contributed by atoms with van der Waals surface area (Å²) in [6.45, 7) is 2.63. The van der Waals surface area contributed by atoms with Crippen LogP contribution in [0.15, 0.2) is 30.3 Å². The Morgan fingerprint density at radius 2 is 2.16 bits per heavy atom. The number of carbonyl (C=O) groups excluding carboxylic acids is 1. The Hall–Kier alpha value is -2.34. The number of anilines is 1. The molecule has 1 heterocycles. The van der Waals surface area contributed by atoms with Crippen LogP contribution in [0.3, 0.4) is 0 Å². The van der Waals surface area contributed by atoms with Crippen LogP contribution in [-0.2, 0) is 7.05 Å². The summed E-state index contributed by atoms with van der Waals surface area (Å²) < 4.78 is 1.67. The number of rotatable bonds is 4. The SMILES string of the molecule is Cc1ccccc1-c1cc(NC(=O)NCC2CCCC(O)C2)n(C)n1. The molecule has 0 aliphatic heterocycles. The Bertz CT molecular complexity index is 741. The van der Waals surface area contributed by atoms with Gasteiger partial charge in [-0.3, -0.25) is 10.00 Å². The average Bonchev–Trinajstić information content (AvgIpc) is 2.94. The van der Waals surface area contributed by atoms with Gasteiger partial charge in [-0.25, -0.2) is 4.79 Å². The van der Waals surface area contributed by atoms with Crippen LogP contribution in [0.1, 0.15) is 31.2 Å². The third kappa shape index (κ3) is 4.39. The molecule has 0 bridgehead atoms. The number of amides is 2. The third-order valence-electron chi connectivity index (χ3n) is 4.85. The lowest BCUT2D eigenvalue weighted by Gasteiger charge is -2.25. The van der Waals surface area contributed by atoms with E-state index in [1.54, 1.807) is 4.68 Å². The zero-order valence-corrected chi connectivity index (χ0v) is 14.8. The predicted molar refractivity (Wildman–Crippen MR) is 98.4 cm³/mol. The van der Waals surface area contributed by atoms with Crippen molar-refractivity contribution in [3.8, 4) is 11.3 Å². The van der Waals surface area contributed by atoms with Crippen LogP contribution in [0.2, 0.25) is 0 Å². The normalized spacial score (nSPS) is 20.3. The molecule has 25 heavy (non-hydrogen) atoms. The summed E-state index contributed by atoms with van der Waals surface area (Å²) in [6.07, 6.45) is 3.50. The smallest absolute Gasteiger partial charge is 0.320 e. The van der Waals surface area contributed by atoms with Crippen molar-refractivity contribution in [2.24, 2.45) is 13.0 Å². The molecule has 1 aliphatic carbocycles. The molecule has 1 aromatic carbocycles. The molecule has 1 saturated carbocycles. The monoisotopic (exact) mass is 342 g/mol. The number of nitrogens with one attached hydrogen (secondary N) is 2. The number of hydrogen-bond acceptors (Lipinski definition) is 3. The van der Waals surface area contributed by atoms with Crippen LogP contribution < -0.4 is 10.6 Å². The first-order chi connectivity index (χ1) is 12.0. The number of aliphatic hydroxyl groups is 1. The summed E-state index contributed by atoms with van der Waals surface area (Å²) in [5.74, 6) is 1.00. The second kappa shape index (κ2) is 7.70. The highest BCUT2D eigenvalue weighted by Gasteiger charge is 2.20. The molecule has 2 amide bonds. The highest BCUT2D eigenvalue weighted by Crippen LogP contribution is 2.25. The first kappa shape index (κ1) is 17.5. The van der Waals surface area contributed by atoms with Gasteiger partial charge in [0.05, 0.1) is 11.8 Å². The first-order valence-corrected chi connectivity index (χ1v) is 8.86. The van der Waals surface area contributed by atoms with Gasteiger partial charge in [-0.1, -0.05) is 30.7 Å². The van der Waals surface area contributed by atoms with Crippen molar-refractivity contribution in [1.82, 2.24) is 15.1 Å². The second-order valence-corrected chi connectivity index (χ2v) is 6.87. The molecule has 1 aromatic heterocycles. The van der Waals surface area contributed by atoms with Gasteiger partial charge in [0.2, 0.25) is 0 Å². The standard InChI is InChI=1S/C19H26N4O2/c1-13-6-3-4-9-16(13)17-11-18(23(2)22-17)21-19(25)20-12-14-7-5-8-15(24)10-14/h3-4,6,9,11,14-15,24H,5,7-8,10,12H2,1-2H3,(H2,20,21,25). The van der Waals surface area contributed by atoms with Gasteiger partial charge in [0, 0.05) is 25.2 Å². The van der Waals surface area contributed by atoms with E-state index >= 15 is 0 Å². The molecule has 3 rings (SSSR count). The fraction of sp³-hybridized carbons (Fsp3) is 0.474. The number of urea groups is 1. The third-order valence-corrected chi connectivity index (χ3v) is 4.85. The average molecular weight is 342 g/mol. The van der Waals surface area contributed by atoms with E-state index in [0.717, 1.165) is 42.5 Å². The van der Waals surface area contributed by atoms with Crippen molar-refractivity contribution in [2.45, 2.75) is 38.7 Å². The molecule has 3 N–H and O–H groups in total. The minimum absolute atomic E-state index is 0.225. The van der Waals surface area contributed by atoms with Crippen molar-refractivity contribution in [1.29, 1.82) is 0 Å². The molecule has 134 valence electrons. The van der Waals surface area contributed by atoms with E-state index in [0.29, 0.717) is 18.3 Å². The zero-order valence-electron chi connectivity index (χ0n) is 14.8. The van der Waals surface area contributed by atoms with Gasteiger partial charge in [0.25, 0.3) is 0 Å². The van der Waals surface area contributed by atoms with Gasteiger partial charge in [-0.05, 0) is 37.7 Å². The van der Waals surface area contributed by atoms with E-state index in [2.05, 4.69) is 15.7 Å². The molecule has 2 atom stereocenters. The molecule has 6 heteroatoms. The Kier molecular flexibility index (Phi) is 5.38. The highest BCUT2D eigenvalue weighted by atomic mass is 16.3. The minimum atomic E-state index is -0.237. The summed E-state index contributed by atoms with van der Waals surface area (Å²) in [4.78, 5) is 12.2. The van der Waals surface area contributed by atoms with Gasteiger partial charge in [-0.15, -0.1) is 0 Å². The minimum Gasteiger partial charge on any atom is -0.393 e. The van der Waals surface area contributed by atoms with Gasteiger partial charge < -0.3 is 10.4 Å². The number of aryl methyl sites for hydroxylation is 2. The Morgan fingerprint density at radius 3 is 2.92 bits per heavy atom. The molecule has 0 spiro atoms. The van der Waals surface area contributed by atoms with Gasteiger partial charge >= 0.3 is 6.03 Å². The lowest BCUT2D eigenvalue weighted by Crippen LogP contribution is -2.35. The maximum Gasteiger partial charge on any atom is 0.320 e. The zero-order chi connectivity index (χ0) is 17.8. The second-order valence-electron chi connectivity index (χ2n) is 6.87. The molecule has 2 unspecified atom stereocenters. The summed E-state index contributed by atoms with van der Waals surface area (Å²) >= 11 is 0. The van der Waals surface area contributed by atoms with Crippen molar-refractivity contribution in [3.63, 3.8) is 0 Å². The molecule has 2 aromatic rings. The largest absolute Gasteiger partial charge is 0.393 e. The summed E-state index contributed by atoms with van der Waals surface area (Å²) in [7, 11) is 1.81. The van der Waals surface area contributed by atoms with Crippen LogP contribution in [0, 0.1) is 12.8 Å². The lowest BCUT2D eigenvalue weighted by atomic mass is 9.87. The van der Waals surface area contributed by atoms with Crippen LogP contribution in [0.25, 0.3) is 11.3 Å². The Labute approximate surface area is 148 Å². The Morgan fingerprint density at radius 1 is 1.36 bits per heavy atom. The van der Waals surface area contributed by atoms with Crippen LogP contribution in [0.4, 0.5) is 10.6 Å². The fourth-order valence-electron chi connectivity index (χ4n) is 3.42. The van der Waals surface area contributed by atoms with E-state index in [9.17, 15) is 9.90 Å². The first-order valence-electron chi connectivity index (χ1n) is 8.86. The highest BCUT2D eigenvalue weighted by molar-refractivity contribution is 5.89. The molecule has 0 radical (unpaired) electrons. The van der Waals surface area contributed by atoms with E-state index in [-0.39, 0.29) is 12.1 Å². The number of hydrogen-bond donors (Lipinski definition) is 3. The number of nitrogens with zero attached hydrogens (tertiary/aromatic N) is 2. The molecule has 1 fully saturated rings. The maximum absolute atomic E-state index is 12.2. The molecule has 6 nitrogen and oxygen atoms in total. The molecular weight excluding hydrogens is 316 g/mol. The predicted octanol–water partition coefficient (Wildman–Crippen LogP) is 3.07. The Balaban J connectivity index is 1.59. The number of carbonyl (C=O) groups is 1. The molecule has 0 saturated heterocycles. The van der Waals surface area contributed by atoms with Crippen LogP contribution in [-0.4, -0.2) is 33.6 Å². The molecular formula is C19H26N4O2. The number of benzene rings is 1. The van der Waals surface area contributed by atoms with E-state index in [4.69, 9.17) is 0 Å². The van der Waals surface area contributed by atoms with Gasteiger partial charge in [0.1, 0.15) is 5.82 Å². The summed E-state index contributed by atoms with van der Waals surface area (Å²) in [6, 6.07) is 9.69. The van der Waals surface area contributed by atoms with Crippen molar-refractivity contribution < 1.29 is 9.90 Å². The van der Waals surface area contributed by atoms with Crippen LogP contribution in [0.5, 0.6) is 0 Å². The summed E-state index contributed by atoms with van der Waals surface area (Å²) in [5.41, 5.74) is 3.04. The van der Waals surface area contributed by atoms with Crippen molar-refractivity contribution >= 4 is 11.8 Å². The molecule has 1 aliphatic rings. The summed E-state index contributed by atoms with van der Waals surface area (Å²) in [5, 5.41) is 20.0. The van der Waals surface area contributed by atoms with E-state index in [1.807, 2.05) is 44.3 Å². The van der Waals surface area contributed by atoms with Crippen molar-refractivity contribution in [2.75, 3.05) is 11.9 Å². The van der Waals surface area contributed by atoms with E-state index in [1.165, 1.54) is 0 Å². The van der Waals surface area contributed by atoms with Crippen molar-refractivity contribution in [3.05, 3.63) is 35.9 Å². The van der Waals surface area contributed by atoms with Gasteiger partial charge in [0.15, 0.2) is 0 Å². The number of aromatic nitrogens is 2. The van der Waals surface area contributed by atoms with Crippen LogP contribution >= 0.6 is 0 Å². The quantitative estimate of drug-likeness (QED) is 0.799. The maximum atomic E-state index is 12.2. The number of aliphatic hydroxyl groups excluding tert-OH is 1.